The molecule has 0 aliphatic carbocycles. The molecular formula is C15H18F2N6O3S. The van der Waals surface area contributed by atoms with Gasteiger partial charge in [-0.3, -0.25) is 10.1 Å². The number of hydrogen-bond acceptors (Lipinski definition) is 7. The predicted molar refractivity (Wildman–Crippen MR) is 94.8 cm³/mol. The second kappa shape index (κ2) is 9.16. The number of aromatic nitrogens is 3. The quantitative estimate of drug-likeness (QED) is 0.476. The summed E-state index contributed by atoms with van der Waals surface area (Å²) in [5.74, 6) is 5.58. The zero-order valence-corrected chi connectivity index (χ0v) is 15.3. The van der Waals surface area contributed by atoms with E-state index in [-0.39, 0.29) is 28.5 Å². The van der Waals surface area contributed by atoms with Gasteiger partial charge < -0.3 is 15.9 Å². The van der Waals surface area contributed by atoms with Gasteiger partial charge in [-0.1, -0.05) is 11.8 Å². The fourth-order valence-electron chi connectivity index (χ4n) is 1.95. The number of carbonyl (C=O) groups is 2. The van der Waals surface area contributed by atoms with Crippen LogP contribution in [0.1, 0.15) is 13.8 Å². The van der Waals surface area contributed by atoms with Crippen LogP contribution in [0, 0.1) is 0 Å². The average molecular weight is 400 g/mol. The lowest BCUT2D eigenvalue weighted by Crippen LogP contribution is -2.43. The number of thioether (sulfide) groups is 1. The van der Waals surface area contributed by atoms with Crippen LogP contribution in [0.15, 0.2) is 29.4 Å². The second-order valence-electron chi connectivity index (χ2n) is 5.54. The molecule has 0 fully saturated rings. The van der Waals surface area contributed by atoms with E-state index in [9.17, 15) is 18.4 Å². The minimum atomic E-state index is -2.91. The summed E-state index contributed by atoms with van der Waals surface area (Å²) < 4.78 is 29.8. The molecule has 27 heavy (non-hydrogen) atoms. The highest BCUT2D eigenvalue weighted by Crippen LogP contribution is 2.24. The molecule has 2 rings (SSSR count). The monoisotopic (exact) mass is 400 g/mol. The number of nitrogens with one attached hydrogen (secondary N) is 2. The summed E-state index contributed by atoms with van der Waals surface area (Å²) in [6.07, 6.45) is 0. The van der Waals surface area contributed by atoms with Gasteiger partial charge >= 0.3 is 12.6 Å². The van der Waals surface area contributed by atoms with Gasteiger partial charge in [0.15, 0.2) is 5.82 Å². The SMILES string of the molecule is CC(C)NC(=O)NC(=O)CSc1nnc(-c2ccc(OC(F)F)cc2)n1N. The van der Waals surface area contributed by atoms with Crippen molar-refractivity contribution < 1.29 is 23.1 Å². The molecule has 0 saturated carbocycles. The van der Waals surface area contributed by atoms with Gasteiger partial charge in [-0.2, -0.15) is 8.78 Å². The standard InChI is InChI=1S/C15H18F2N6O3S/c1-8(2)19-14(25)20-11(24)7-27-15-22-21-12(23(15)18)9-3-5-10(6-4-9)26-13(16)17/h3-6,8,13H,7,18H2,1-2H3,(H2,19,20,24,25). The fraction of sp³-hybridized carbons (Fsp3) is 0.333. The van der Waals surface area contributed by atoms with Crippen molar-refractivity contribution in [1.82, 2.24) is 25.5 Å². The Balaban J connectivity index is 1.96. The average Bonchev–Trinajstić information content (AvgIpc) is 2.93. The first-order chi connectivity index (χ1) is 12.8. The molecule has 3 amide bonds. The molecule has 0 radical (unpaired) electrons. The van der Waals surface area contributed by atoms with Crippen LogP contribution in [-0.2, 0) is 4.79 Å². The molecule has 9 nitrogen and oxygen atoms in total. The number of benzene rings is 1. The molecule has 0 atom stereocenters. The maximum atomic E-state index is 12.2. The van der Waals surface area contributed by atoms with Crippen LogP contribution in [0.4, 0.5) is 13.6 Å². The van der Waals surface area contributed by atoms with E-state index in [0.29, 0.717) is 5.56 Å². The van der Waals surface area contributed by atoms with Crippen molar-refractivity contribution in [1.29, 1.82) is 0 Å². The van der Waals surface area contributed by atoms with E-state index in [1.165, 1.54) is 24.3 Å². The molecule has 2 aromatic rings. The van der Waals surface area contributed by atoms with Gasteiger partial charge in [0.2, 0.25) is 11.1 Å². The molecule has 12 heteroatoms. The highest BCUT2D eigenvalue weighted by Gasteiger charge is 2.15. The van der Waals surface area contributed by atoms with Gasteiger partial charge in [0.1, 0.15) is 5.75 Å². The lowest BCUT2D eigenvalue weighted by molar-refractivity contribution is -0.117. The summed E-state index contributed by atoms with van der Waals surface area (Å²) in [6, 6.07) is 5.02. The number of imide groups is 1. The van der Waals surface area contributed by atoms with Crippen LogP contribution in [0.3, 0.4) is 0 Å². The third-order valence-corrected chi connectivity index (χ3v) is 3.95. The number of rotatable bonds is 7. The van der Waals surface area contributed by atoms with Crippen molar-refractivity contribution in [2.45, 2.75) is 31.7 Å². The minimum Gasteiger partial charge on any atom is -0.435 e. The number of alkyl halides is 2. The number of carbonyl (C=O) groups excluding carboxylic acids is 2. The Morgan fingerprint density at radius 1 is 1.26 bits per heavy atom. The lowest BCUT2D eigenvalue weighted by atomic mass is 10.2. The molecular weight excluding hydrogens is 382 g/mol. The number of nitrogens with zero attached hydrogens (tertiary/aromatic N) is 3. The molecule has 1 aromatic heterocycles. The lowest BCUT2D eigenvalue weighted by Gasteiger charge is -2.09. The maximum absolute atomic E-state index is 12.2. The number of halogens is 2. The predicted octanol–water partition coefficient (Wildman–Crippen LogP) is 1.59. The summed E-state index contributed by atoms with van der Waals surface area (Å²) in [5, 5.41) is 12.8. The molecule has 0 bridgehead atoms. The normalized spacial score (nSPS) is 10.9. The Morgan fingerprint density at radius 2 is 1.93 bits per heavy atom. The van der Waals surface area contributed by atoms with E-state index >= 15 is 0 Å². The molecule has 146 valence electrons. The first-order valence-corrected chi connectivity index (χ1v) is 8.73. The van der Waals surface area contributed by atoms with E-state index in [4.69, 9.17) is 5.84 Å². The van der Waals surface area contributed by atoms with Gasteiger partial charge in [0, 0.05) is 11.6 Å². The van der Waals surface area contributed by atoms with Crippen LogP contribution in [0.5, 0.6) is 5.75 Å². The summed E-state index contributed by atoms with van der Waals surface area (Å²) in [4.78, 5) is 23.2. The summed E-state index contributed by atoms with van der Waals surface area (Å²) >= 11 is 0.992. The Kier molecular flexibility index (Phi) is 6.93. The van der Waals surface area contributed by atoms with Crippen molar-refractivity contribution in [3.63, 3.8) is 0 Å². The van der Waals surface area contributed by atoms with Crippen LogP contribution >= 0.6 is 11.8 Å². The minimum absolute atomic E-state index is 0.00257. The van der Waals surface area contributed by atoms with Crippen LogP contribution in [-0.4, -0.2) is 45.2 Å². The highest BCUT2D eigenvalue weighted by molar-refractivity contribution is 7.99. The van der Waals surface area contributed by atoms with Crippen molar-refractivity contribution in [3.8, 4) is 17.1 Å². The molecule has 4 N–H and O–H groups in total. The van der Waals surface area contributed by atoms with Crippen molar-refractivity contribution in [2.24, 2.45) is 0 Å². The Hall–Kier alpha value is -2.89. The second-order valence-corrected chi connectivity index (χ2v) is 6.49. The van der Waals surface area contributed by atoms with E-state index in [2.05, 4.69) is 25.6 Å². The van der Waals surface area contributed by atoms with Crippen molar-refractivity contribution >= 4 is 23.7 Å². The van der Waals surface area contributed by atoms with Crippen molar-refractivity contribution in [3.05, 3.63) is 24.3 Å². The van der Waals surface area contributed by atoms with E-state index in [0.717, 1.165) is 16.4 Å². The Labute approximate surface area is 157 Å². The third-order valence-electron chi connectivity index (χ3n) is 3.01. The third kappa shape index (κ3) is 6.09. The van der Waals surface area contributed by atoms with Gasteiger partial charge in [0.25, 0.3) is 0 Å². The highest BCUT2D eigenvalue weighted by atomic mass is 32.2. The fourth-order valence-corrected chi connectivity index (χ4v) is 2.61. The van der Waals surface area contributed by atoms with E-state index < -0.39 is 18.5 Å². The largest absolute Gasteiger partial charge is 0.435 e. The Bertz CT molecular complexity index is 797. The number of hydrogen-bond donors (Lipinski definition) is 3. The van der Waals surface area contributed by atoms with E-state index in [1.807, 2.05) is 0 Å². The molecule has 0 saturated heterocycles. The molecule has 1 aromatic carbocycles. The zero-order chi connectivity index (χ0) is 20.0. The number of urea groups is 1. The summed E-state index contributed by atoms with van der Waals surface area (Å²) in [6.45, 7) is 0.623. The van der Waals surface area contributed by atoms with Crippen LogP contribution < -0.4 is 21.2 Å². The summed E-state index contributed by atoms with van der Waals surface area (Å²) in [7, 11) is 0. The number of ether oxygens (including phenoxy) is 1. The number of nitrogens with two attached hydrogens (primary N) is 1. The van der Waals surface area contributed by atoms with Crippen LogP contribution in [0.2, 0.25) is 0 Å². The van der Waals surface area contributed by atoms with Crippen molar-refractivity contribution in [2.75, 3.05) is 11.6 Å². The van der Waals surface area contributed by atoms with E-state index in [1.54, 1.807) is 13.8 Å². The maximum Gasteiger partial charge on any atom is 0.387 e. The van der Waals surface area contributed by atoms with Gasteiger partial charge in [-0.25, -0.2) is 9.47 Å². The molecule has 0 aliphatic rings. The number of nitrogen functional groups attached to an aromatic ring is 1. The van der Waals surface area contributed by atoms with Gasteiger partial charge in [-0.15, -0.1) is 10.2 Å². The first-order valence-electron chi connectivity index (χ1n) is 7.75. The molecule has 0 spiro atoms. The number of amides is 3. The summed E-state index contributed by atoms with van der Waals surface area (Å²) in [5.41, 5.74) is 0.527. The first kappa shape index (κ1) is 20.4. The van der Waals surface area contributed by atoms with Crippen LogP contribution in [0.25, 0.3) is 11.4 Å². The topological polar surface area (TPSA) is 124 Å². The zero-order valence-electron chi connectivity index (χ0n) is 14.5. The molecule has 1 heterocycles. The molecule has 0 aliphatic heterocycles. The molecule has 0 unspecified atom stereocenters. The Morgan fingerprint density at radius 3 is 2.52 bits per heavy atom. The van der Waals surface area contributed by atoms with Gasteiger partial charge in [-0.05, 0) is 38.1 Å². The smallest absolute Gasteiger partial charge is 0.387 e. The van der Waals surface area contributed by atoms with Gasteiger partial charge in [0.05, 0.1) is 5.75 Å².